The first kappa shape index (κ1) is 15.9. The van der Waals surface area contributed by atoms with Crippen LogP contribution < -0.4 is 9.46 Å². The lowest BCUT2D eigenvalue weighted by Gasteiger charge is -2.28. The quantitative estimate of drug-likeness (QED) is 0.851. The fourth-order valence-corrected chi connectivity index (χ4v) is 4.56. The minimum absolute atomic E-state index is 0.132. The van der Waals surface area contributed by atoms with E-state index >= 15 is 0 Å². The molecule has 0 bridgehead atoms. The van der Waals surface area contributed by atoms with Gasteiger partial charge in [0.05, 0.1) is 6.20 Å². The number of fused-ring (bicyclic) bond motifs is 1. The van der Waals surface area contributed by atoms with Crippen LogP contribution in [0.1, 0.15) is 26.7 Å². The Morgan fingerprint density at radius 3 is 3.18 bits per heavy atom. The summed E-state index contributed by atoms with van der Waals surface area (Å²) < 4.78 is 33.8. The Bertz CT molecular complexity index is 595. The molecule has 0 aromatic carbocycles. The largest absolute Gasteiger partial charge is 0.593 e. The summed E-state index contributed by atoms with van der Waals surface area (Å²) in [7, 11) is -3.59. The van der Waals surface area contributed by atoms with Gasteiger partial charge in [0, 0.05) is 25.4 Å². The molecule has 1 spiro atoms. The molecular weight excluding hydrogens is 302 g/mol. The summed E-state index contributed by atoms with van der Waals surface area (Å²) in [6.45, 7) is 7.35. The van der Waals surface area contributed by atoms with E-state index in [-0.39, 0.29) is 4.90 Å². The molecule has 2 unspecified atom stereocenters. The fourth-order valence-electron chi connectivity index (χ4n) is 3.06. The van der Waals surface area contributed by atoms with Crippen molar-refractivity contribution < 1.29 is 13.5 Å². The van der Waals surface area contributed by atoms with Crippen LogP contribution in [0.3, 0.4) is 0 Å². The summed E-state index contributed by atoms with van der Waals surface area (Å²) in [4.78, 5) is 6.36. The van der Waals surface area contributed by atoms with Gasteiger partial charge in [-0.15, -0.1) is 4.72 Å². The molecule has 7 heteroatoms. The number of pyridine rings is 1. The van der Waals surface area contributed by atoms with E-state index < -0.39 is 15.9 Å². The highest BCUT2D eigenvalue weighted by Gasteiger charge is 2.47. The molecule has 1 aromatic rings. The third-order valence-electron chi connectivity index (χ3n) is 4.35. The smallest absolute Gasteiger partial charge is 0.235 e. The molecule has 1 N–H and O–H groups in total. The molecular formula is C15H23N3O3S. The highest BCUT2D eigenvalue weighted by atomic mass is 32.3. The summed E-state index contributed by atoms with van der Waals surface area (Å²) in [5, 5.41) is 0. The van der Waals surface area contributed by atoms with Crippen LogP contribution in [0.2, 0.25) is 0 Å². The van der Waals surface area contributed by atoms with Gasteiger partial charge in [-0.25, -0.2) is 0 Å². The lowest BCUT2D eigenvalue weighted by Crippen LogP contribution is -2.54. The van der Waals surface area contributed by atoms with Crippen molar-refractivity contribution in [1.82, 2.24) is 14.6 Å². The van der Waals surface area contributed by atoms with E-state index in [1.54, 1.807) is 12.3 Å². The summed E-state index contributed by atoms with van der Waals surface area (Å²) in [6.07, 6.45) is 4.79. The van der Waals surface area contributed by atoms with Gasteiger partial charge in [-0.1, -0.05) is 18.1 Å². The van der Waals surface area contributed by atoms with Gasteiger partial charge in [-0.2, -0.15) is 0 Å². The van der Waals surface area contributed by atoms with Crippen molar-refractivity contribution in [2.45, 2.75) is 37.1 Å². The first-order chi connectivity index (χ1) is 10.4. The zero-order valence-corrected chi connectivity index (χ0v) is 13.9. The maximum absolute atomic E-state index is 12.6. The molecule has 0 saturated carbocycles. The zero-order valence-electron chi connectivity index (χ0n) is 13.1. The molecule has 6 nitrogen and oxygen atoms in total. The number of aromatic nitrogens is 1. The first-order valence-electron chi connectivity index (χ1n) is 7.73. The molecule has 3 rings (SSSR count). The molecule has 0 radical (unpaired) electrons. The van der Waals surface area contributed by atoms with Gasteiger partial charge < -0.3 is 14.2 Å². The normalized spacial score (nSPS) is 32.0. The summed E-state index contributed by atoms with van der Waals surface area (Å²) in [5.41, 5.74) is -0.533. The highest BCUT2D eigenvalue weighted by molar-refractivity contribution is 7.96. The van der Waals surface area contributed by atoms with Gasteiger partial charge in [0.1, 0.15) is 12.1 Å². The number of rotatable bonds is 3. The number of ether oxygens (including phenoxy) is 1. The van der Waals surface area contributed by atoms with Gasteiger partial charge in [-0.3, -0.25) is 4.98 Å². The third-order valence-corrected chi connectivity index (χ3v) is 5.93. The Balaban J connectivity index is 1.77. The van der Waals surface area contributed by atoms with E-state index in [1.807, 2.05) is 0 Å². The van der Waals surface area contributed by atoms with Gasteiger partial charge in [0.2, 0.25) is 4.90 Å². The van der Waals surface area contributed by atoms with Crippen molar-refractivity contribution in [3.8, 4) is 5.75 Å². The minimum atomic E-state index is -3.59. The summed E-state index contributed by atoms with van der Waals surface area (Å²) in [6, 6.07) is 1.61. The molecule has 122 valence electrons. The number of nitrogens with zero attached hydrogens (tertiary/aromatic N) is 2. The molecule has 3 heterocycles. The van der Waals surface area contributed by atoms with Crippen LogP contribution in [-0.2, 0) is 14.6 Å². The van der Waals surface area contributed by atoms with Crippen LogP contribution in [0, 0.1) is 5.92 Å². The monoisotopic (exact) mass is 325 g/mol. The van der Waals surface area contributed by atoms with E-state index in [1.165, 1.54) is 6.20 Å². The SMILES string of the molecule is CC(C)CCN1CCC2(COc3ccncc3[S+](=O)([O-])N2)C1. The molecule has 1 aromatic heterocycles. The number of nitrogens with one attached hydrogen (secondary N) is 1. The van der Waals surface area contributed by atoms with Crippen molar-refractivity contribution >= 4 is 10.4 Å². The van der Waals surface area contributed by atoms with Gasteiger partial charge in [0.25, 0.3) is 0 Å². The Morgan fingerprint density at radius 2 is 2.41 bits per heavy atom. The maximum atomic E-state index is 12.6. The standard InChI is InChI=1S/C15H23N3O3S/c1-12(2)4-7-18-8-5-15(10-18)11-21-13-3-6-16-9-14(13)22(19,20)17-15/h3,6,9,12H,4-5,7-8,10-11H2,1-2H3,(H-,17,19,20). The van der Waals surface area contributed by atoms with Crippen molar-refractivity contribution in [1.29, 1.82) is 0 Å². The molecule has 22 heavy (non-hydrogen) atoms. The lowest BCUT2D eigenvalue weighted by molar-refractivity contribution is 0.197. The zero-order chi connectivity index (χ0) is 15.8. The average molecular weight is 325 g/mol. The number of hydrogen-bond acceptors (Lipinski definition) is 5. The maximum Gasteiger partial charge on any atom is 0.235 e. The Kier molecular flexibility index (Phi) is 4.24. The van der Waals surface area contributed by atoms with Crippen molar-refractivity contribution in [2.75, 3.05) is 26.2 Å². The Labute approximate surface area is 132 Å². The molecule has 2 atom stereocenters. The van der Waals surface area contributed by atoms with Crippen LogP contribution in [0.5, 0.6) is 5.75 Å². The average Bonchev–Trinajstić information content (AvgIpc) is 2.81. The molecule has 0 amide bonds. The van der Waals surface area contributed by atoms with Crippen LogP contribution in [-0.4, -0.2) is 46.2 Å². The molecule has 0 aliphatic carbocycles. The van der Waals surface area contributed by atoms with Crippen molar-refractivity contribution in [2.24, 2.45) is 5.92 Å². The topological polar surface area (TPSA) is 77.5 Å². The first-order valence-corrected chi connectivity index (χ1v) is 9.22. The van der Waals surface area contributed by atoms with Crippen molar-refractivity contribution in [3.63, 3.8) is 0 Å². The summed E-state index contributed by atoms with van der Waals surface area (Å²) in [5.74, 6) is 1.04. The van der Waals surface area contributed by atoms with E-state index in [2.05, 4.69) is 28.5 Å². The molecule has 1 fully saturated rings. The second-order valence-corrected chi connectivity index (χ2v) is 8.36. The second-order valence-electron chi connectivity index (χ2n) is 6.71. The van der Waals surface area contributed by atoms with Crippen LogP contribution in [0.4, 0.5) is 0 Å². The van der Waals surface area contributed by atoms with E-state index in [4.69, 9.17) is 4.74 Å². The van der Waals surface area contributed by atoms with E-state index in [9.17, 15) is 8.76 Å². The van der Waals surface area contributed by atoms with Crippen LogP contribution in [0.15, 0.2) is 23.4 Å². The van der Waals surface area contributed by atoms with E-state index in [0.29, 0.717) is 24.8 Å². The summed E-state index contributed by atoms with van der Waals surface area (Å²) >= 11 is 0. The second kappa shape index (κ2) is 5.88. The van der Waals surface area contributed by atoms with Crippen molar-refractivity contribution in [3.05, 3.63) is 18.5 Å². The fraction of sp³-hybridized carbons (Fsp3) is 0.667. The van der Waals surface area contributed by atoms with Gasteiger partial charge in [-0.05, 0) is 25.3 Å². The Morgan fingerprint density at radius 1 is 1.59 bits per heavy atom. The van der Waals surface area contributed by atoms with Crippen LogP contribution >= 0.6 is 0 Å². The van der Waals surface area contributed by atoms with Crippen LogP contribution in [0.25, 0.3) is 0 Å². The lowest BCUT2D eigenvalue weighted by atomic mass is 10.0. The minimum Gasteiger partial charge on any atom is -0.593 e. The molecule has 2 aliphatic rings. The predicted molar refractivity (Wildman–Crippen MR) is 83.2 cm³/mol. The number of likely N-dealkylation sites (tertiary alicyclic amines) is 1. The van der Waals surface area contributed by atoms with Gasteiger partial charge in [0.15, 0.2) is 16.1 Å². The number of hydrogen-bond donors (Lipinski definition) is 1. The van der Waals surface area contributed by atoms with Gasteiger partial charge >= 0.3 is 0 Å². The Hall–Kier alpha value is -1.02. The number of sulfonamides is 1. The predicted octanol–water partition coefficient (Wildman–Crippen LogP) is 1.46. The third kappa shape index (κ3) is 3.17. The molecule has 2 aliphatic heterocycles. The molecule has 1 saturated heterocycles. The van der Waals surface area contributed by atoms with E-state index in [0.717, 1.165) is 25.9 Å². The highest BCUT2D eigenvalue weighted by Crippen LogP contribution is 2.34.